The third-order valence-electron chi connectivity index (χ3n) is 6.26. The molecule has 1 atom stereocenters. The van der Waals surface area contributed by atoms with Crippen LogP contribution in [0.4, 0.5) is 0 Å². The van der Waals surface area contributed by atoms with Gasteiger partial charge in [-0.25, -0.2) is 9.48 Å². The molecule has 1 heterocycles. The Morgan fingerprint density at radius 2 is 1.58 bits per heavy atom. The van der Waals surface area contributed by atoms with Gasteiger partial charge in [0.1, 0.15) is 22.9 Å². The van der Waals surface area contributed by atoms with E-state index in [1.54, 1.807) is 61.4 Å². The van der Waals surface area contributed by atoms with Gasteiger partial charge in [-0.05, 0) is 56.4 Å². The van der Waals surface area contributed by atoms with Crippen molar-refractivity contribution in [3.05, 3.63) is 53.7 Å². The molecule has 10 nitrogen and oxygen atoms in total. The fraction of sp³-hybridized carbons (Fsp3) is 0.393. The van der Waals surface area contributed by atoms with E-state index < -0.39 is 5.97 Å². The van der Waals surface area contributed by atoms with E-state index in [1.165, 1.54) is 14.2 Å². The van der Waals surface area contributed by atoms with Gasteiger partial charge in [0, 0.05) is 18.2 Å². The van der Waals surface area contributed by atoms with E-state index in [1.807, 2.05) is 6.92 Å². The lowest BCUT2D eigenvalue weighted by molar-refractivity contribution is 0.0593. The molecule has 10 heteroatoms. The van der Waals surface area contributed by atoms with Crippen molar-refractivity contribution in [3.8, 4) is 34.2 Å². The van der Waals surface area contributed by atoms with Crippen LogP contribution >= 0.6 is 0 Å². The van der Waals surface area contributed by atoms with E-state index in [-0.39, 0.29) is 17.6 Å². The molecule has 0 aliphatic carbocycles. The van der Waals surface area contributed by atoms with E-state index in [4.69, 9.17) is 18.9 Å². The van der Waals surface area contributed by atoms with Gasteiger partial charge >= 0.3 is 5.97 Å². The molecule has 1 unspecified atom stereocenters. The smallest absolute Gasteiger partial charge is 0.358 e. The second kappa shape index (κ2) is 13.0. The first-order valence-electron chi connectivity index (χ1n) is 12.4. The molecule has 0 aliphatic heterocycles. The van der Waals surface area contributed by atoms with Crippen molar-refractivity contribution in [2.75, 3.05) is 48.1 Å². The number of aromatic nitrogens is 2. The molecule has 0 bridgehead atoms. The van der Waals surface area contributed by atoms with Gasteiger partial charge in [-0.1, -0.05) is 19.9 Å². The van der Waals surface area contributed by atoms with Gasteiger partial charge in [0.25, 0.3) is 5.91 Å². The minimum Gasteiger partial charge on any atom is -0.496 e. The number of rotatable bonds is 12. The summed E-state index contributed by atoms with van der Waals surface area (Å²) in [5, 5.41) is 7.55. The van der Waals surface area contributed by atoms with Crippen LogP contribution in [0.15, 0.2) is 42.5 Å². The zero-order valence-corrected chi connectivity index (χ0v) is 23.0. The molecular weight excluding hydrogens is 488 g/mol. The highest BCUT2D eigenvalue weighted by Gasteiger charge is 2.24. The van der Waals surface area contributed by atoms with Gasteiger partial charge in [-0.15, -0.1) is 0 Å². The summed E-state index contributed by atoms with van der Waals surface area (Å²) in [4.78, 5) is 27.7. The monoisotopic (exact) mass is 524 g/mol. The number of benzene rings is 2. The van der Waals surface area contributed by atoms with Crippen molar-refractivity contribution in [2.24, 2.45) is 0 Å². The van der Waals surface area contributed by atoms with Crippen molar-refractivity contribution in [1.82, 2.24) is 20.0 Å². The second-order valence-electron chi connectivity index (χ2n) is 8.60. The molecule has 0 radical (unpaired) electrons. The SMILES string of the molecule is CCN(CC)CC(C)NC(=O)c1ccc(-n2nc(C(=O)OC)cc2-c2c(OC)cccc2OC)c(OC)c1. The summed E-state index contributed by atoms with van der Waals surface area (Å²) in [7, 11) is 5.91. The molecule has 204 valence electrons. The van der Waals surface area contributed by atoms with Gasteiger partial charge in [0.05, 0.1) is 39.7 Å². The summed E-state index contributed by atoms with van der Waals surface area (Å²) in [5.74, 6) is 0.634. The topological polar surface area (TPSA) is 104 Å². The quantitative estimate of drug-likeness (QED) is 0.357. The maximum Gasteiger partial charge on any atom is 0.358 e. The minimum absolute atomic E-state index is 0.0357. The molecule has 38 heavy (non-hydrogen) atoms. The number of carbonyl (C=O) groups is 2. The number of methoxy groups -OCH3 is 4. The van der Waals surface area contributed by atoms with E-state index in [0.29, 0.717) is 39.8 Å². The van der Waals surface area contributed by atoms with Crippen molar-refractivity contribution in [2.45, 2.75) is 26.8 Å². The average molecular weight is 525 g/mol. The van der Waals surface area contributed by atoms with Crippen LogP contribution in [0.3, 0.4) is 0 Å². The van der Waals surface area contributed by atoms with Crippen LogP contribution < -0.4 is 19.5 Å². The molecule has 3 aromatic rings. The van der Waals surface area contributed by atoms with Crippen LogP contribution in [-0.2, 0) is 4.74 Å². The highest BCUT2D eigenvalue weighted by molar-refractivity contribution is 5.95. The molecular formula is C28H36N4O6. The summed E-state index contributed by atoms with van der Waals surface area (Å²) >= 11 is 0. The summed E-state index contributed by atoms with van der Waals surface area (Å²) in [6.07, 6.45) is 0. The third-order valence-corrected chi connectivity index (χ3v) is 6.26. The molecule has 0 fully saturated rings. The zero-order valence-electron chi connectivity index (χ0n) is 23.0. The Hall–Kier alpha value is -4.05. The van der Waals surface area contributed by atoms with Crippen molar-refractivity contribution in [1.29, 1.82) is 0 Å². The molecule has 1 aromatic heterocycles. The molecule has 0 saturated heterocycles. The molecule has 0 spiro atoms. The standard InChI is InChI=1S/C28H36N4O6/c1-8-31(9-2)17-18(3)29-27(33)19-13-14-21(25(15-19)37-6)32-22(16-20(30-32)28(34)38-7)26-23(35-4)11-10-12-24(26)36-5/h10-16,18H,8-9,17H2,1-7H3,(H,29,33). The number of amides is 1. The number of hydrogen-bond acceptors (Lipinski definition) is 8. The van der Waals surface area contributed by atoms with Crippen LogP contribution in [0.5, 0.6) is 17.2 Å². The van der Waals surface area contributed by atoms with Crippen LogP contribution in [0, 0.1) is 0 Å². The molecule has 3 rings (SSSR count). The van der Waals surface area contributed by atoms with E-state index >= 15 is 0 Å². The largest absolute Gasteiger partial charge is 0.496 e. The second-order valence-corrected chi connectivity index (χ2v) is 8.60. The lowest BCUT2D eigenvalue weighted by atomic mass is 10.1. The predicted molar refractivity (Wildman–Crippen MR) is 145 cm³/mol. The van der Waals surface area contributed by atoms with Crippen molar-refractivity contribution >= 4 is 11.9 Å². The van der Waals surface area contributed by atoms with Gasteiger partial charge in [-0.3, -0.25) is 4.79 Å². The summed E-state index contributed by atoms with van der Waals surface area (Å²) < 4.78 is 23.3. The first-order chi connectivity index (χ1) is 18.3. The zero-order chi connectivity index (χ0) is 27.8. The highest BCUT2D eigenvalue weighted by Crippen LogP contribution is 2.40. The maximum atomic E-state index is 13.0. The lowest BCUT2D eigenvalue weighted by Crippen LogP contribution is -2.41. The number of esters is 1. The van der Waals surface area contributed by atoms with Crippen LogP contribution in [0.1, 0.15) is 41.6 Å². The Morgan fingerprint density at radius 1 is 0.947 bits per heavy atom. The van der Waals surface area contributed by atoms with Gasteiger partial charge < -0.3 is 29.2 Å². The Kier molecular flexibility index (Phi) is 9.72. The van der Waals surface area contributed by atoms with Crippen molar-refractivity contribution in [3.63, 3.8) is 0 Å². The third kappa shape index (κ3) is 6.08. The summed E-state index contributed by atoms with van der Waals surface area (Å²) in [6.45, 7) is 8.75. The highest BCUT2D eigenvalue weighted by atomic mass is 16.5. The van der Waals surface area contributed by atoms with Gasteiger partial charge in [-0.2, -0.15) is 5.10 Å². The lowest BCUT2D eigenvalue weighted by Gasteiger charge is -2.23. The number of likely N-dealkylation sites (N-methyl/N-ethyl adjacent to an activating group) is 1. The molecule has 0 aliphatic rings. The van der Waals surface area contributed by atoms with Crippen LogP contribution in [-0.4, -0.2) is 80.7 Å². The van der Waals surface area contributed by atoms with Gasteiger partial charge in [0.15, 0.2) is 5.69 Å². The predicted octanol–water partition coefficient (Wildman–Crippen LogP) is 3.81. The van der Waals surface area contributed by atoms with Crippen LogP contribution in [0.25, 0.3) is 16.9 Å². The normalized spacial score (nSPS) is 11.7. The number of nitrogens with one attached hydrogen (secondary N) is 1. The molecule has 1 amide bonds. The minimum atomic E-state index is -0.601. The van der Waals surface area contributed by atoms with E-state index in [2.05, 4.69) is 29.2 Å². The van der Waals surface area contributed by atoms with E-state index in [9.17, 15) is 9.59 Å². The summed E-state index contributed by atoms with van der Waals surface area (Å²) in [5.41, 5.74) is 2.15. The number of hydrogen-bond donors (Lipinski definition) is 1. The fourth-order valence-electron chi connectivity index (χ4n) is 4.27. The van der Waals surface area contributed by atoms with E-state index in [0.717, 1.165) is 19.6 Å². The molecule has 2 aromatic carbocycles. The number of nitrogens with zero attached hydrogens (tertiary/aromatic N) is 3. The maximum absolute atomic E-state index is 13.0. The Morgan fingerprint density at radius 3 is 2.13 bits per heavy atom. The molecule has 0 saturated carbocycles. The summed E-state index contributed by atoms with van der Waals surface area (Å²) in [6, 6.07) is 12.0. The average Bonchev–Trinajstić information content (AvgIpc) is 3.39. The van der Waals surface area contributed by atoms with Gasteiger partial charge in [0.2, 0.25) is 0 Å². The Labute approximate surface area is 223 Å². The first-order valence-corrected chi connectivity index (χ1v) is 12.4. The first kappa shape index (κ1) is 28.5. The number of carbonyl (C=O) groups excluding carboxylic acids is 2. The molecule has 1 N–H and O–H groups in total. The van der Waals surface area contributed by atoms with Crippen molar-refractivity contribution < 1.29 is 28.5 Å². The Bertz CT molecular complexity index is 1250. The van der Waals surface area contributed by atoms with Crippen LogP contribution in [0.2, 0.25) is 0 Å². The Balaban J connectivity index is 2.08. The fourth-order valence-corrected chi connectivity index (χ4v) is 4.27. The number of ether oxygens (including phenoxy) is 4.